The SMILES string of the molecule is C[C@@H](CO)NC(=O)C(CC(=O)O)NC(=O)OCC1c2ccccc2-c2ccccc21. The molecule has 0 heterocycles. The van der Waals surface area contributed by atoms with Crippen molar-refractivity contribution in [2.75, 3.05) is 13.2 Å². The molecule has 0 aromatic heterocycles. The zero-order chi connectivity index (χ0) is 21.7. The van der Waals surface area contributed by atoms with Gasteiger partial charge in [-0.2, -0.15) is 0 Å². The van der Waals surface area contributed by atoms with Gasteiger partial charge in [0.2, 0.25) is 5.91 Å². The van der Waals surface area contributed by atoms with Crippen LogP contribution in [0.3, 0.4) is 0 Å². The van der Waals surface area contributed by atoms with Crippen molar-refractivity contribution in [2.45, 2.75) is 31.3 Å². The topological polar surface area (TPSA) is 125 Å². The van der Waals surface area contributed by atoms with Gasteiger partial charge in [-0.3, -0.25) is 9.59 Å². The van der Waals surface area contributed by atoms with E-state index in [2.05, 4.69) is 10.6 Å². The molecule has 8 heteroatoms. The van der Waals surface area contributed by atoms with Gasteiger partial charge in [0.1, 0.15) is 12.6 Å². The van der Waals surface area contributed by atoms with Crippen molar-refractivity contribution in [2.24, 2.45) is 0 Å². The van der Waals surface area contributed by atoms with Gasteiger partial charge in [0.15, 0.2) is 0 Å². The minimum Gasteiger partial charge on any atom is -0.481 e. The van der Waals surface area contributed by atoms with E-state index < -0.39 is 36.5 Å². The van der Waals surface area contributed by atoms with Crippen molar-refractivity contribution >= 4 is 18.0 Å². The maximum absolute atomic E-state index is 12.3. The number of benzene rings is 2. The van der Waals surface area contributed by atoms with Gasteiger partial charge < -0.3 is 25.6 Å². The maximum Gasteiger partial charge on any atom is 0.407 e. The summed E-state index contributed by atoms with van der Waals surface area (Å²) in [6.45, 7) is 1.30. The molecule has 30 heavy (non-hydrogen) atoms. The van der Waals surface area contributed by atoms with E-state index >= 15 is 0 Å². The van der Waals surface area contributed by atoms with E-state index in [9.17, 15) is 14.4 Å². The third-order valence-electron chi connectivity index (χ3n) is 4.99. The Labute approximate surface area is 173 Å². The molecule has 0 spiro atoms. The molecule has 3 rings (SSSR count). The predicted octanol–water partition coefficient (Wildman–Crippen LogP) is 1.87. The first kappa shape index (κ1) is 21.3. The lowest BCUT2D eigenvalue weighted by molar-refractivity contribution is -0.140. The summed E-state index contributed by atoms with van der Waals surface area (Å²) in [5.74, 6) is -2.09. The second kappa shape index (κ2) is 9.41. The minimum absolute atomic E-state index is 0.0499. The van der Waals surface area contributed by atoms with Crippen LogP contribution in [-0.2, 0) is 14.3 Å². The van der Waals surface area contributed by atoms with Crippen LogP contribution >= 0.6 is 0 Å². The van der Waals surface area contributed by atoms with Gasteiger partial charge in [-0.1, -0.05) is 48.5 Å². The van der Waals surface area contributed by atoms with Crippen LogP contribution in [0.5, 0.6) is 0 Å². The predicted molar refractivity (Wildman–Crippen MR) is 109 cm³/mol. The third kappa shape index (κ3) is 4.77. The number of ether oxygens (including phenoxy) is 1. The molecule has 8 nitrogen and oxygen atoms in total. The number of hydrogen-bond donors (Lipinski definition) is 4. The molecule has 4 N–H and O–H groups in total. The average molecular weight is 412 g/mol. The summed E-state index contributed by atoms with van der Waals surface area (Å²) < 4.78 is 5.36. The van der Waals surface area contributed by atoms with Gasteiger partial charge in [-0.05, 0) is 29.2 Å². The Hall–Kier alpha value is -3.39. The van der Waals surface area contributed by atoms with Gasteiger partial charge in [0.05, 0.1) is 13.0 Å². The second-order valence-corrected chi connectivity index (χ2v) is 7.21. The van der Waals surface area contributed by atoms with Gasteiger partial charge in [0.25, 0.3) is 0 Å². The summed E-state index contributed by atoms with van der Waals surface area (Å²) in [5.41, 5.74) is 4.26. The van der Waals surface area contributed by atoms with Gasteiger partial charge in [0, 0.05) is 12.0 Å². The van der Waals surface area contributed by atoms with E-state index in [-0.39, 0.29) is 19.1 Å². The molecule has 0 radical (unpaired) electrons. The number of hydrogen-bond acceptors (Lipinski definition) is 5. The molecule has 0 aliphatic heterocycles. The maximum atomic E-state index is 12.3. The minimum atomic E-state index is -1.31. The Bertz CT molecular complexity index is 899. The monoisotopic (exact) mass is 412 g/mol. The van der Waals surface area contributed by atoms with E-state index in [1.165, 1.54) is 0 Å². The standard InChI is InChI=1S/C22H24N2O6/c1-13(11-25)23-21(28)19(10-20(26)27)24-22(29)30-12-18-16-8-4-2-6-14(16)15-7-3-5-9-17(15)18/h2-9,13,18-19,25H,10-12H2,1H3,(H,23,28)(H,24,29)(H,26,27)/t13-,19?/m0/s1. The Kier molecular flexibility index (Phi) is 6.68. The van der Waals surface area contributed by atoms with Crippen LogP contribution in [0.2, 0.25) is 0 Å². The number of aliphatic hydroxyl groups excluding tert-OH is 1. The molecule has 0 saturated heterocycles. The molecule has 158 valence electrons. The van der Waals surface area contributed by atoms with E-state index in [0.717, 1.165) is 22.3 Å². The summed E-state index contributed by atoms with van der Waals surface area (Å²) in [7, 11) is 0. The number of amides is 2. The number of rotatable bonds is 8. The van der Waals surface area contributed by atoms with Gasteiger partial charge in [-0.25, -0.2) is 4.79 Å². The molecule has 1 unspecified atom stereocenters. The van der Waals surface area contributed by atoms with Gasteiger partial charge >= 0.3 is 12.1 Å². The summed E-state index contributed by atoms with van der Waals surface area (Å²) in [4.78, 5) is 35.6. The highest BCUT2D eigenvalue weighted by molar-refractivity contribution is 5.89. The Morgan fingerprint density at radius 1 is 1.00 bits per heavy atom. The first-order valence-electron chi connectivity index (χ1n) is 9.65. The lowest BCUT2D eigenvalue weighted by atomic mass is 9.98. The molecule has 0 bridgehead atoms. The van der Waals surface area contributed by atoms with E-state index in [1.807, 2.05) is 48.5 Å². The van der Waals surface area contributed by atoms with Gasteiger partial charge in [-0.15, -0.1) is 0 Å². The van der Waals surface area contributed by atoms with Crippen molar-refractivity contribution in [1.82, 2.24) is 10.6 Å². The van der Waals surface area contributed by atoms with Crippen LogP contribution in [0, 0.1) is 0 Å². The second-order valence-electron chi connectivity index (χ2n) is 7.21. The Balaban J connectivity index is 1.67. The molecular formula is C22H24N2O6. The Morgan fingerprint density at radius 3 is 2.10 bits per heavy atom. The number of carbonyl (C=O) groups excluding carboxylic acids is 2. The van der Waals surface area contributed by atoms with Crippen LogP contribution in [0.15, 0.2) is 48.5 Å². The highest BCUT2D eigenvalue weighted by Crippen LogP contribution is 2.44. The summed E-state index contributed by atoms with van der Waals surface area (Å²) >= 11 is 0. The molecule has 1 aliphatic carbocycles. The highest BCUT2D eigenvalue weighted by atomic mass is 16.5. The molecule has 0 fully saturated rings. The summed E-state index contributed by atoms with van der Waals surface area (Å²) in [5, 5.41) is 22.8. The summed E-state index contributed by atoms with van der Waals surface area (Å²) in [6, 6.07) is 13.9. The quantitative estimate of drug-likeness (QED) is 0.525. The number of alkyl carbamates (subject to hydrolysis) is 1. The van der Waals surface area contributed by atoms with Crippen LogP contribution in [0.4, 0.5) is 4.79 Å². The van der Waals surface area contributed by atoms with Crippen molar-refractivity contribution in [3.05, 3.63) is 59.7 Å². The number of carboxylic acid groups (broad SMARTS) is 1. The fourth-order valence-corrected chi connectivity index (χ4v) is 3.56. The fraction of sp³-hybridized carbons (Fsp3) is 0.318. The van der Waals surface area contributed by atoms with Crippen molar-refractivity contribution < 1.29 is 29.3 Å². The third-order valence-corrected chi connectivity index (χ3v) is 4.99. The van der Waals surface area contributed by atoms with Crippen LogP contribution < -0.4 is 10.6 Å². The first-order valence-corrected chi connectivity index (χ1v) is 9.65. The molecule has 2 aromatic carbocycles. The number of aliphatic carboxylic acids is 1. The van der Waals surface area contributed by atoms with Crippen molar-refractivity contribution in [3.63, 3.8) is 0 Å². The lowest BCUT2D eigenvalue weighted by Gasteiger charge is -2.20. The number of carboxylic acids is 1. The molecule has 2 aromatic rings. The van der Waals surface area contributed by atoms with E-state index in [4.69, 9.17) is 14.9 Å². The lowest BCUT2D eigenvalue weighted by Crippen LogP contribution is -2.50. The number of fused-ring (bicyclic) bond motifs is 3. The van der Waals surface area contributed by atoms with Crippen molar-refractivity contribution in [3.8, 4) is 11.1 Å². The number of carbonyl (C=O) groups is 3. The van der Waals surface area contributed by atoms with E-state index in [0.29, 0.717) is 0 Å². The normalized spacial score (nSPS) is 14.2. The molecule has 2 amide bonds. The van der Waals surface area contributed by atoms with E-state index in [1.54, 1.807) is 6.92 Å². The zero-order valence-electron chi connectivity index (χ0n) is 16.5. The average Bonchev–Trinajstić information content (AvgIpc) is 3.05. The first-order chi connectivity index (χ1) is 14.4. The zero-order valence-corrected chi connectivity index (χ0v) is 16.5. The van der Waals surface area contributed by atoms with Crippen LogP contribution in [0.25, 0.3) is 11.1 Å². The van der Waals surface area contributed by atoms with Crippen LogP contribution in [0.1, 0.15) is 30.4 Å². The molecule has 0 saturated carbocycles. The van der Waals surface area contributed by atoms with Crippen molar-refractivity contribution in [1.29, 1.82) is 0 Å². The smallest absolute Gasteiger partial charge is 0.407 e. The van der Waals surface area contributed by atoms with Crippen LogP contribution in [-0.4, -0.2) is 53.5 Å². The molecule has 1 aliphatic rings. The molecular weight excluding hydrogens is 388 g/mol. The highest BCUT2D eigenvalue weighted by Gasteiger charge is 2.30. The summed E-state index contributed by atoms with van der Waals surface area (Å²) in [6.07, 6.45) is -1.48. The number of aliphatic hydroxyl groups is 1. The molecule has 2 atom stereocenters. The fourth-order valence-electron chi connectivity index (χ4n) is 3.56. The Morgan fingerprint density at radius 2 is 1.57 bits per heavy atom. The number of nitrogens with one attached hydrogen (secondary N) is 2. The largest absolute Gasteiger partial charge is 0.481 e.